The molecule has 0 aromatic carbocycles. The summed E-state index contributed by atoms with van der Waals surface area (Å²) in [6.07, 6.45) is 0.804. The molecule has 0 aliphatic heterocycles. The van der Waals surface area contributed by atoms with Crippen molar-refractivity contribution >= 4 is 17.3 Å². The number of carbonyl (C=O) groups is 1. The van der Waals surface area contributed by atoms with Crippen molar-refractivity contribution in [2.24, 2.45) is 0 Å². The van der Waals surface area contributed by atoms with Gasteiger partial charge >= 0.3 is 5.97 Å². The average molecular weight is 209 g/mol. The summed E-state index contributed by atoms with van der Waals surface area (Å²) in [6, 6.07) is 5.43. The number of nitrogens with zero attached hydrogens (tertiary/aromatic N) is 1. The van der Waals surface area contributed by atoms with Crippen LogP contribution in [0.25, 0.3) is 0 Å². The standard InChI is InChI=1S/C10H11NO2S/c1-2-4-8(7-11)13-10(12)9-5-3-6-14-9/h3,5-6,8H,2,4H2,1H3. The molecule has 4 heteroatoms. The Labute approximate surface area is 86.9 Å². The van der Waals surface area contributed by atoms with Crippen LogP contribution in [0.3, 0.4) is 0 Å². The quantitative estimate of drug-likeness (QED) is 0.716. The molecule has 0 spiro atoms. The molecule has 1 aromatic rings. The van der Waals surface area contributed by atoms with Gasteiger partial charge in [0.15, 0.2) is 6.10 Å². The third-order valence-electron chi connectivity index (χ3n) is 1.67. The van der Waals surface area contributed by atoms with Crippen LogP contribution in [-0.2, 0) is 4.74 Å². The summed E-state index contributed by atoms with van der Waals surface area (Å²) in [5.74, 6) is -0.403. The Bertz CT molecular complexity index is 326. The summed E-state index contributed by atoms with van der Waals surface area (Å²) in [5, 5.41) is 10.5. The van der Waals surface area contributed by atoms with Crippen molar-refractivity contribution in [1.29, 1.82) is 5.26 Å². The maximum Gasteiger partial charge on any atom is 0.349 e. The maximum absolute atomic E-state index is 11.4. The molecule has 14 heavy (non-hydrogen) atoms. The van der Waals surface area contributed by atoms with Crippen LogP contribution in [0.5, 0.6) is 0 Å². The summed E-state index contributed by atoms with van der Waals surface area (Å²) in [4.78, 5) is 11.9. The van der Waals surface area contributed by atoms with E-state index in [0.717, 1.165) is 6.42 Å². The van der Waals surface area contributed by atoms with Crippen LogP contribution in [-0.4, -0.2) is 12.1 Å². The van der Waals surface area contributed by atoms with E-state index in [2.05, 4.69) is 0 Å². The highest BCUT2D eigenvalue weighted by Crippen LogP contribution is 2.12. The van der Waals surface area contributed by atoms with Crippen molar-refractivity contribution in [2.75, 3.05) is 0 Å². The molecule has 0 aliphatic carbocycles. The summed E-state index contributed by atoms with van der Waals surface area (Å²) in [7, 11) is 0. The molecule has 1 heterocycles. The fourth-order valence-electron chi connectivity index (χ4n) is 0.994. The Morgan fingerprint density at radius 1 is 1.79 bits per heavy atom. The Morgan fingerprint density at radius 3 is 3.07 bits per heavy atom. The highest BCUT2D eigenvalue weighted by molar-refractivity contribution is 7.11. The fourth-order valence-corrected chi connectivity index (χ4v) is 1.60. The minimum atomic E-state index is -0.616. The molecule has 74 valence electrons. The second-order valence-corrected chi connectivity index (χ2v) is 3.74. The monoisotopic (exact) mass is 209 g/mol. The van der Waals surface area contributed by atoms with Gasteiger partial charge in [-0.15, -0.1) is 11.3 Å². The average Bonchev–Trinajstić information content (AvgIpc) is 2.69. The van der Waals surface area contributed by atoms with Gasteiger partial charge in [0.25, 0.3) is 0 Å². The van der Waals surface area contributed by atoms with Crippen LogP contribution in [0.2, 0.25) is 0 Å². The van der Waals surface area contributed by atoms with E-state index in [1.807, 2.05) is 13.0 Å². The second-order valence-electron chi connectivity index (χ2n) is 2.79. The lowest BCUT2D eigenvalue weighted by Gasteiger charge is -2.07. The van der Waals surface area contributed by atoms with Gasteiger partial charge in [0.1, 0.15) is 10.9 Å². The van der Waals surface area contributed by atoms with Crippen molar-refractivity contribution in [3.05, 3.63) is 22.4 Å². The van der Waals surface area contributed by atoms with Gasteiger partial charge in [-0.25, -0.2) is 4.79 Å². The van der Waals surface area contributed by atoms with E-state index in [0.29, 0.717) is 11.3 Å². The topological polar surface area (TPSA) is 50.1 Å². The SMILES string of the molecule is CCCC(C#N)OC(=O)c1cccs1. The summed E-state index contributed by atoms with van der Waals surface area (Å²) in [6.45, 7) is 1.95. The van der Waals surface area contributed by atoms with Crippen LogP contribution in [0.15, 0.2) is 17.5 Å². The summed E-state index contributed by atoms with van der Waals surface area (Å²) in [5.41, 5.74) is 0. The fraction of sp³-hybridized carbons (Fsp3) is 0.400. The van der Waals surface area contributed by atoms with Crippen molar-refractivity contribution in [1.82, 2.24) is 0 Å². The van der Waals surface area contributed by atoms with E-state index < -0.39 is 12.1 Å². The molecule has 0 fully saturated rings. The Kier molecular flexibility index (Phi) is 4.14. The molecular weight excluding hydrogens is 198 g/mol. The van der Waals surface area contributed by atoms with Crippen LogP contribution in [0.4, 0.5) is 0 Å². The molecule has 0 saturated carbocycles. The maximum atomic E-state index is 11.4. The molecule has 3 nitrogen and oxygen atoms in total. The first-order valence-electron chi connectivity index (χ1n) is 4.42. The lowest BCUT2D eigenvalue weighted by molar-refractivity contribution is 0.0398. The molecule has 1 unspecified atom stereocenters. The number of ether oxygens (including phenoxy) is 1. The molecule has 1 atom stereocenters. The number of hydrogen-bond acceptors (Lipinski definition) is 4. The molecule has 0 amide bonds. The van der Waals surface area contributed by atoms with Crippen LogP contribution >= 0.6 is 11.3 Å². The summed E-state index contributed by atoms with van der Waals surface area (Å²) >= 11 is 1.32. The third-order valence-corrected chi connectivity index (χ3v) is 2.52. The molecule has 0 saturated heterocycles. The molecule has 0 aliphatic rings. The molecule has 1 rings (SSSR count). The Morgan fingerprint density at radius 2 is 2.57 bits per heavy atom. The Balaban J connectivity index is 2.52. The van der Waals surface area contributed by atoms with Crippen molar-refractivity contribution < 1.29 is 9.53 Å². The van der Waals surface area contributed by atoms with Crippen molar-refractivity contribution in [3.63, 3.8) is 0 Å². The van der Waals surface area contributed by atoms with Gasteiger partial charge in [-0.2, -0.15) is 5.26 Å². The van der Waals surface area contributed by atoms with Crippen molar-refractivity contribution in [3.8, 4) is 6.07 Å². The van der Waals surface area contributed by atoms with Gasteiger partial charge in [0.05, 0.1) is 0 Å². The number of nitriles is 1. The van der Waals surface area contributed by atoms with Gasteiger partial charge < -0.3 is 4.74 Å². The minimum Gasteiger partial charge on any atom is -0.443 e. The van der Waals surface area contributed by atoms with Gasteiger partial charge in [0.2, 0.25) is 0 Å². The van der Waals surface area contributed by atoms with Crippen molar-refractivity contribution in [2.45, 2.75) is 25.9 Å². The molecule has 1 aromatic heterocycles. The van der Waals surface area contributed by atoms with Gasteiger partial charge in [-0.3, -0.25) is 0 Å². The van der Waals surface area contributed by atoms with Crippen LogP contribution < -0.4 is 0 Å². The van der Waals surface area contributed by atoms with E-state index in [1.54, 1.807) is 17.5 Å². The predicted octanol–water partition coefficient (Wildman–Crippen LogP) is 2.60. The van der Waals surface area contributed by atoms with Gasteiger partial charge in [-0.05, 0) is 17.9 Å². The summed E-state index contributed by atoms with van der Waals surface area (Å²) < 4.78 is 4.99. The zero-order valence-corrected chi connectivity index (χ0v) is 8.71. The normalized spacial score (nSPS) is 11.7. The lowest BCUT2D eigenvalue weighted by atomic mass is 10.2. The van der Waals surface area contributed by atoms with E-state index in [1.165, 1.54) is 11.3 Å². The largest absolute Gasteiger partial charge is 0.443 e. The van der Waals surface area contributed by atoms with E-state index in [4.69, 9.17) is 10.00 Å². The number of carbonyl (C=O) groups excluding carboxylic acids is 1. The Hall–Kier alpha value is -1.34. The zero-order valence-electron chi connectivity index (χ0n) is 7.90. The molecular formula is C10H11NO2S. The minimum absolute atomic E-state index is 0.403. The third kappa shape index (κ3) is 2.86. The number of thiophene rings is 1. The van der Waals surface area contributed by atoms with E-state index >= 15 is 0 Å². The number of esters is 1. The lowest BCUT2D eigenvalue weighted by Crippen LogP contribution is -2.15. The molecule has 0 bridgehead atoms. The predicted molar refractivity (Wildman–Crippen MR) is 54.0 cm³/mol. The highest BCUT2D eigenvalue weighted by Gasteiger charge is 2.14. The van der Waals surface area contributed by atoms with Gasteiger partial charge in [-0.1, -0.05) is 19.4 Å². The van der Waals surface area contributed by atoms with E-state index in [-0.39, 0.29) is 0 Å². The first-order chi connectivity index (χ1) is 6.77. The van der Waals surface area contributed by atoms with Crippen LogP contribution in [0, 0.1) is 11.3 Å². The zero-order chi connectivity index (χ0) is 10.4. The van der Waals surface area contributed by atoms with E-state index in [9.17, 15) is 4.79 Å². The van der Waals surface area contributed by atoms with Gasteiger partial charge in [0, 0.05) is 0 Å². The molecule has 0 radical (unpaired) electrons. The first kappa shape index (κ1) is 10.7. The second kappa shape index (κ2) is 5.40. The smallest absolute Gasteiger partial charge is 0.349 e. The van der Waals surface area contributed by atoms with Crippen LogP contribution in [0.1, 0.15) is 29.4 Å². The number of rotatable bonds is 4. The molecule has 0 N–H and O–H groups in total. The number of hydrogen-bond donors (Lipinski definition) is 0. The first-order valence-corrected chi connectivity index (χ1v) is 5.30. The highest BCUT2D eigenvalue weighted by atomic mass is 32.1.